The van der Waals surface area contributed by atoms with Gasteiger partial charge in [-0.1, -0.05) is 0 Å². The minimum absolute atomic E-state index is 0.00305. The largest absolute Gasteiger partial charge is 0.394 e. The number of ether oxygens (including phenoxy) is 1. The SMILES string of the molecule is NCc1cn(C2CCC(CO)O2)c(=S)[nH]c1=O. The van der Waals surface area contributed by atoms with Gasteiger partial charge in [0.15, 0.2) is 4.77 Å². The first-order valence-corrected chi connectivity index (χ1v) is 5.87. The molecule has 1 fully saturated rings. The summed E-state index contributed by atoms with van der Waals surface area (Å²) in [5.41, 5.74) is 5.68. The van der Waals surface area contributed by atoms with E-state index in [0.717, 1.165) is 12.8 Å². The van der Waals surface area contributed by atoms with Crippen LogP contribution in [0.15, 0.2) is 11.0 Å². The molecule has 94 valence electrons. The third kappa shape index (κ3) is 2.47. The summed E-state index contributed by atoms with van der Waals surface area (Å²) in [6.07, 6.45) is 2.78. The van der Waals surface area contributed by atoms with Crippen LogP contribution in [0.2, 0.25) is 0 Å². The van der Waals surface area contributed by atoms with E-state index >= 15 is 0 Å². The quantitative estimate of drug-likeness (QED) is 0.664. The van der Waals surface area contributed by atoms with Gasteiger partial charge in [0.2, 0.25) is 0 Å². The number of hydrogen-bond acceptors (Lipinski definition) is 5. The smallest absolute Gasteiger partial charge is 0.256 e. The van der Waals surface area contributed by atoms with Crippen LogP contribution >= 0.6 is 12.2 Å². The van der Waals surface area contributed by atoms with E-state index in [1.54, 1.807) is 10.8 Å². The molecule has 1 aromatic rings. The summed E-state index contributed by atoms with van der Waals surface area (Å²) in [5, 5.41) is 9.01. The van der Waals surface area contributed by atoms with Crippen LogP contribution < -0.4 is 11.3 Å². The van der Waals surface area contributed by atoms with E-state index in [0.29, 0.717) is 10.3 Å². The van der Waals surface area contributed by atoms with Gasteiger partial charge in [0.1, 0.15) is 6.23 Å². The topological polar surface area (TPSA) is 93.3 Å². The van der Waals surface area contributed by atoms with Crippen molar-refractivity contribution < 1.29 is 9.84 Å². The monoisotopic (exact) mass is 257 g/mol. The summed E-state index contributed by atoms with van der Waals surface area (Å²) in [6.45, 7) is 0.151. The fourth-order valence-electron chi connectivity index (χ4n) is 1.91. The molecule has 0 amide bonds. The van der Waals surface area contributed by atoms with Crippen LogP contribution in [0.5, 0.6) is 0 Å². The van der Waals surface area contributed by atoms with Crippen molar-refractivity contribution in [3.8, 4) is 0 Å². The van der Waals surface area contributed by atoms with Crippen molar-refractivity contribution in [3.63, 3.8) is 0 Å². The minimum Gasteiger partial charge on any atom is -0.394 e. The number of aromatic nitrogens is 2. The van der Waals surface area contributed by atoms with Gasteiger partial charge in [0.05, 0.1) is 12.7 Å². The first kappa shape index (κ1) is 12.4. The first-order chi connectivity index (χ1) is 8.15. The van der Waals surface area contributed by atoms with Crippen LogP contribution in [-0.2, 0) is 11.3 Å². The Bertz CT molecular complexity index is 510. The third-order valence-corrected chi connectivity index (χ3v) is 3.17. The van der Waals surface area contributed by atoms with Crippen LogP contribution in [0.3, 0.4) is 0 Å². The molecular weight excluding hydrogens is 242 g/mol. The molecule has 2 heterocycles. The van der Waals surface area contributed by atoms with Gasteiger partial charge in [0.25, 0.3) is 5.56 Å². The van der Waals surface area contributed by atoms with E-state index in [-0.39, 0.29) is 31.0 Å². The van der Waals surface area contributed by atoms with Crippen LogP contribution in [-0.4, -0.2) is 27.4 Å². The molecule has 2 unspecified atom stereocenters. The molecule has 1 aliphatic rings. The highest BCUT2D eigenvalue weighted by Crippen LogP contribution is 2.27. The lowest BCUT2D eigenvalue weighted by molar-refractivity contribution is -0.0238. The standard InChI is InChI=1S/C10H15N3O3S/c11-3-6-4-13(10(17)12-9(6)15)8-2-1-7(5-14)16-8/h4,7-8,14H,1-3,5,11H2,(H,12,15,17). The second-order valence-electron chi connectivity index (χ2n) is 4.00. The summed E-state index contributed by atoms with van der Waals surface area (Å²) < 4.78 is 7.60. The summed E-state index contributed by atoms with van der Waals surface area (Å²) >= 11 is 5.08. The van der Waals surface area contributed by atoms with Crippen molar-refractivity contribution in [1.82, 2.24) is 9.55 Å². The van der Waals surface area contributed by atoms with Gasteiger partial charge in [-0.2, -0.15) is 0 Å². The highest BCUT2D eigenvalue weighted by molar-refractivity contribution is 7.71. The maximum absolute atomic E-state index is 11.5. The van der Waals surface area contributed by atoms with Crippen molar-refractivity contribution >= 4 is 12.2 Å². The molecule has 0 aromatic carbocycles. The minimum atomic E-state index is -0.259. The van der Waals surface area contributed by atoms with Crippen LogP contribution in [0.25, 0.3) is 0 Å². The van der Waals surface area contributed by atoms with Gasteiger partial charge >= 0.3 is 0 Å². The number of rotatable bonds is 3. The van der Waals surface area contributed by atoms with Crippen molar-refractivity contribution in [2.45, 2.75) is 31.7 Å². The van der Waals surface area contributed by atoms with Gasteiger partial charge in [-0.25, -0.2) is 0 Å². The zero-order valence-electron chi connectivity index (χ0n) is 9.26. The highest BCUT2D eigenvalue weighted by Gasteiger charge is 2.26. The molecule has 6 nitrogen and oxygen atoms in total. The van der Waals surface area contributed by atoms with Gasteiger partial charge in [0, 0.05) is 18.3 Å². The second-order valence-corrected chi connectivity index (χ2v) is 4.38. The maximum Gasteiger partial charge on any atom is 0.256 e. The average molecular weight is 257 g/mol. The van der Waals surface area contributed by atoms with Gasteiger partial charge in [-0.05, 0) is 25.1 Å². The predicted octanol–water partition coefficient (Wildman–Crippen LogP) is 0.0345. The molecule has 1 aromatic heterocycles. The number of nitrogens with zero attached hydrogens (tertiary/aromatic N) is 1. The second kappa shape index (κ2) is 5.09. The first-order valence-electron chi connectivity index (χ1n) is 5.46. The molecule has 17 heavy (non-hydrogen) atoms. The lowest BCUT2D eigenvalue weighted by Crippen LogP contribution is -2.23. The Morgan fingerprint density at radius 2 is 2.41 bits per heavy atom. The van der Waals surface area contributed by atoms with Crippen LogP contribution in [0.4, 0.5) is 0 Å². The van der Waals surface area contributed by atoms with E-state index in [4.69, 9.17) is 27.8 Å². The van der Waals surface area contributed by atoms with Crippen molar-refractivity contribution in [3.05, 3.63) is 26.9 Å². The molecule has 0 radical (unpaired) electrons. The lowest BCUT2D eigenvalue weighted by atomic mass is 10.2. The Morgan fingerprint density at radius 1 is 1.65 bits per heavy atom. The third-order valence-electron chi connectivity index (χ3n) is 2.86. The average Bonchev–Trinajstić information content (AvgIpc) is 2.78. The molecule has 2 rings (SSSR count). The number of nitrogens with two attached hydrogens (primary N) is 1. The Labute approximate surface area is 103 Å². The maximum atomic E-state index is 11.5. The van der Waals surface area contributed by atoms with E-state index in [1.165, 1.54) is 0 Å². The van der Waals surface area contributed by atoms with Crippen molar-refractivity contribution in [2.75, 3.05) is 6.61 Å². The molecule has 0 bridgehead atoms. The molecule has 2 atom stereocenters. The Hall–Kier alpha value is -1.02. The van der Waals surface area contributed by atoms with Crippen LogP contribution in [0, 0.1) is 4.77 Å². The molecular formula is C10H15N3O3S. The van der Waals surface area contributed by atoms with Crippen molar-refractivity contribution in [2.24, 2.45) is 5.73 Å². The number of H-pyrrole nitrogens is 1. The molecule has 0 spiro atoms. The number of hydrogen-bond donors (Lipinski definition) is 3. The normalized spacial score (nSPS) is 24.1. The number of aliphatic hydroxyl groups is 1. The molecule has 0 aliphatic carbocycles. The van der Waals surface area contributed by atoms with E-state index in [1.807, 2.05) is 0 Å². The van der Waals surface area contributed by atoms with E-state index in [9.17, 15) is 4.79 Å². The lowest BCUT2D eigenvalue weighted by Gasteiger charge is -2.16. The zero-order valence-corrected chi connectivity index (χ0v) is 10.1. The number of nitrogens with one attached hydrogen (secondary N) is 1. The number of aliphatic hydroxyl groups excluding tert-OH is 1. The fourth-order valence-corrected chi connectivity index (χ4v) is 2.18. The van der Waals surface area contributed by atoms with Gasteiger partial charge in [-0.15, -0.1) is 0 Å². The Kier molecular flexibility index (Phi) is 3.72. The molecule has 7 heteroatoms. The Balaban J connectivity index is 2.33. The zero-order chi connectivity index (χ0) is 12.4. The number of aromatic amines is 1. The molecule has 4 N–H and O–H groups in total. The molecule has 0 saturated carbocycles. The summed E-state index contributed by atoms with van der Waals surface area (Å²) in [6, 6.07) is 0. The Morgan fingerprint density at radius 3 is 3.00 bits per heavy atom. The highest BCUT2D eigenvalue weighted by atomic mass is 32.1. The van der Waals surface area contributed by atoms with Gasteiger partial charge in [-0.3, -0.25) is 14.3 Å². The van der Waals surface area contributed by atoms with Crippen LogP contribution in [0.1, 0.15) is 24.6 Å². The van der Waals surface area contributed by atoms with Crippen molar-refractivity contribution in [1.29, 1.82) is 0 Å². The predicted molar refractivity (Wildman–Crippen MR) is 64.0 cm³/mol. The molecule has 1 saturated heterocycles. The summed E-state index contributed by atoms with van der Waals surface area (Å²) in [7, 11) is 0. The summed E-state index contributed by atoms with van der Waals surface area (Å²) in [5.74, 6) is 0. The summed E-state index contributed by atoms with van der Waals surface area (Å²) in [4.78, 5) is 14.0. The van der Waals surface area contributed by atoms with E-state index < -0.39 is 0 Å². The molecule has 1 aliphatic heterocycles. The fraction of sp³-hybridized carbons (Fsp3) is 0.600. The van der Waals surface area contributed by atoms with Gasteiger partial charge < -0.3 is 15.6 Å². The van der Waals surface area contributed by atoms with E-state index in [2.05, 4.69) is 4.98 Å².